The Bertz CT molecular complexity index is 1210. The lowest BCUT2D eigenvalue weighted by molar-refractivity contribution is -0.132. The van der Waals surface area contributed by atoms with Gasteiger partial charge in [0.2, 0.25) is 15.9 Å². The standard InChI is InChI=1S/C22H22N4O3S2/c23-16-17-6-1-4-9-20(17)31(28,29)26-14-12-25(13-15-26)22(27)11-5-10-21-24-18-7-2-3-8-19(18)30-21/h1-4,6-9H,5,10-15H2. The summed E-state index contributed by atoms with van der Waals surface area (Å²) in [5, 5.41) is 10.2. The van der Waals surface area contributed by atoms with Crippen LogP contribution in [0.5, 0.6) is 0 Å². The number of rotatable bonds is 6. The van der Waals surface area contributed by atoms with Gasteiger partial charge in [-0.15, -0.1) is 11.3 Å². The number of fused-ring (bicyclic) bond motifs is 1. The summed E-state index contributed by atoms with van der Waals surface area (Å²) in [6.45, 7) is 1.17. The van der Waals surface area contributed by atoms with Crippen LogP contribution in [0, 0.1) is 11.3 Å². The predicted octanol–water partition coefficient (Wildman–Crippen LogP) is 3.02. The van der Waals surface area contributed by atoms with Crippen LogP contribution in [0.1, 0.15) is 23.4 Å². The minimum absolute atomic E-state index is 0.0214. The van der Waals surface area contributed by atoms with E-state index in [0.717, 1.165) is 21.6 Å². The van der Waals surface area contributed by atoms with Crippen LogP contribution in [0.2, 0.25) is 0 Å². The maximum absolute atomic E-state index is 12.9. The molecule has 31 heavy (non-hydrogen) atoms. The normalized spacial score (nSPS) is 15.1. The zero-order chi connectivity index (χ0) is 21.8. The monoisotopic (exact) mass is 454 g/mol. The Morgan fingerprint density at radius 1 is 1.06 bits per heavy atom. The van der Waals surface area contributed by atoms with Gasteiger partial charge in [-0.3, -0.25) is 4.79 Å². The highest BCUT2D eigenvalue weighted by molar-refractivity contribution is 7.89. The first-order valence-electron chi connectivity index (χ1n) is 10.1. The second-order valence-corrected chi connectivity index (χ2v) is 10.3. The molecule has 0 N–H and O–H groups in total. The topological polar surface area (TPSA) is 94.4 Å². The first-order chi connectivity index (χ1) is 15.0. The van der Waals surface area contributed by atoms with Crippen LogP contribution in [0.4, 0.5) is 0 Å². The molecule has 2 heterocycles. The Labute approximate surface area is 185 Å². The van der Waals surface area contributed by atoms with Crippen molar-refractivity contribution in [3.8, 4) is 6.07 Å². The van der Waals surface area contributed by atoms with E-state index in [1.165, 1.54) is 16.4 Å². The molecule has 0 saturated carbocycles. The number of aromatic nitrogens is 1. The molecule has 1 amide bonds. The van der Waals surface area contributed by atoms with Crippen LogP contribution in [0.3, 0.4) is 0 Å². The first kappa shape index (κ1) is 21.4. The Morgan fingerprint density at radius 3 is 2.52 bits per heavy atom. The van der Waals surface area contributed by atoms with Crippen molar-refractivity contribution in [2.45, 2.75) is 24.2 Å². The summed E-state index contributed by atoms with van der Waals surface area (Å²) in [4.78, 5) is 18.9. The quantitative estimate of drug-likeness (QED) is 0.571. The second kappa shape index (κ2) is 9.14. The number of para-hydroxylation sites is 1. The van der Waals surface area contributed by atoms with Crippen molar-refractivity contribution in [1.29, 1.82) is 5.26 Å². The molecule has 0 aliphatic carbocycles. The molecule has 9 heteroatoms. The lowest BCUT2D eigenvalue weighted by Gasteiger charge is -2.34. The van der Waals surface area contributed by atoms with Gasteiger partial charge in [-0.05, 0) is 37.1 Å². The van der Waals surface area contributed by atoms with Crippen LogP contribution >= 0.6 is 11.3 Å². The molecule has 0 spiro atoms. The van der Waals surface area contributed by atoms with E-state index in [0.29, 0.717) is 25.9 Å². The number of sulfonamides is 1. The largest absolute Gasteiger partial charge is 0.340 e. The fraction of sp³-hybridized carbons (Fsp3) is 0.318. The minimum Gasteiger partial charge on any atom is -0.340 e. The van der Waals surface area contributed by atoms with Gasteiger partial charge in [-0.2, -0.15) is 9.57 Å². The molecule has 1 aromatic heterocycles. The van der Waals surface area contributed by atoms with Gasteiger partial charge in [0.05, 0.1) is 25.7 Å². The molecule has 1 saturated heterocycles. The highest BCUT2D eigenvalue weighted by Gasteiger charge is 2.31. The van der Waals surface area contributed by atoms with Gasteiger partial charge in [-0.1, -0.05) is 24.3 Å². The van der Waals surface area contributed by atoms with E-state index >= 15 is 0 Å². The first-order valence-corrected chi connectivity index (χ1v) is 12.4. The number of hydrogen-bond donors (Lipinski definition) is 0. The number of carbonyl (C=O) groups excluding carboxylic acids is 1. The number of nitrogens with zero attached hydrogens (tertiary/aromatic N) is 4. The fourth-order valence-electron chi connectivity index (χ4n) is 3.68. The fourth-order valence-corrected chi connectivity index (χ4v) is 6.25. The summed E-state index contributed by atoms with van der Waals surface area (Å²) < 4.78 is 28.3. The van der Waals surface area contributed by atoms with E-state index in [9.17, 15) is 18.5 Å². The van der Waals surface area contributed by atoms with E-state index in [1.807, 2.05) is 30.3 Å². The number of piperazine rings is 1. The van der Waals surface area contributed by atoms with Gasteiger partial charge in [0, 0.05) is 32.6 Å². The van der Waals surface area contributed by atoms with Crippen molar-refractivity contribution in [3.63, 3.8) is 0 Å². The lowest BCUT2D eigenvalue weighted by Crippen LogP contribution is -2.50. The number of thiazole rings is 1. The molecular weight excluding hydrogens is 432 g/mol. The molecule has 1 aliphatic heterocycles. The summed E-state index contributed by atoms with van der Waals surface area (Å²) in [6, 6.07) is 16.1. The van der Waals surface area contributed by atoms with Gasteiger partial charge < -0.3 is 4.90 Å². The maximum atomic E-state index is 12.9. The van der Waals surface area contributed by atoms with Gasteiger partial charge in [0.1, 0.15) is 6.07 Å². The molecule has 0 bridgehead atoms. The number of nitriles is 1. The summed E-state index contributed by atoms with van der Waals surface area (Å²) in [5.41, 5.74) is 1.12. The van der Waals surface area contributed by atoms with Crippen molar-refractivity contribution in [2.75, 3.05) is 26.2 Å². The molecule has 3 aromatic rings. The highest BCUT2D eigenvalue weighted by atomic mass is 32.2. The van der Waals surface area contributed by atoms with Gasteiger partial charge in [0.25, 0.3) is 0 Å². The van der Waals surface area contributed by atoms with E-state index in [4.69, 9.17) is 0 Å². The van der Waals surface area contributed by atoms with Crippen LogP contribution < -0.4 is 0 Å². The molecule has 0 atom stereocenters. The van der Waals surface area contributed by atoms with Crippen LogP contribution in [-0.2, 0) is 21.2 Å². The minimum atomic E-state index is -3.75. The number of aryl methyl sites for hydroxylation is 1. The number of hydrogen-bond acceptors (Lipinski definition) is 6. The third kappa shape index (κ3) is 4.61. The van der Waals surface area contributed by atoms with Crippen LogP contribution in [-0.4, -0.2) is 54.7 Å². The summed E-state index contributed by atoms with van der Waals surface area (Å²) >= 11 is 1.66. The summed E-state index contributed by atoms with van der Waals surface area (Å²) in [7, 11) is -3.75. The van der Waals surface area contributed by atoms with Gasteiger partial charge >= 0.3 is 0 Å². The highest BCUT2D eigenvalue weighted by Crippen LogP contribution is 2.24. The Kier molecular flexibility index (Phi) is 6.32. The summed E-state index contributed by atoms with van der Waals surface area (Å²) in [5.74, 6) is 0.0376. The average Bonchev–Trinajstić information content (AvgIpc) is 3.22. The Hall–Kier alpha value is -2.80. The van der Waals surface area contributed by atoms with Gasteiger partial charge in [0.15, 0.2) is 0 Å². The zero-order valence-corrected chi connectivity index (χ0v) is 18.5. The van der Waals surface area contributed by atoms with Crippen molar-refractivity contribution in [3.05, 3.63) is 59.1 Å². The lowest BCUT2D eigenvalue weighted by atomic mass is 10.2. The maximum Gasteiger partial charge on any atom is 0.244 e. The Balaban J connectivity index is 1.30. The van der Waals surface area contributed by atoms with E-state index in [-0.39, 0.29) is 29.5 Å². The van der Waals surface area contributed by atoms with E-state index < -0.39 is 10.0 Å². The van der Waals surface area contributed by atoms with Crippen molar-refractivity contribution < 1.29 is 13.2 Å². The second-order valence-electron chi connectivity index (χ2n) is 7.32. The van der Waals surface area contributed by atoms with Crippen molar-refractivity contribution in [2.24, 2.45) is 0 Å². The molecule has 0 unspecified atom stereocenters. The van der Waals surface area contributed by atoms with Crippen LogP contribution in [0.15, 0.2) is 53.4 Å². The van der Waals surface area contributed by atoms with Crippen molar-refractivity contribution >= 4 is 37.5 Å². The number of benzene rings is 2. The Morgan fingerprint density at radius 2 is 1.77 bits per heavy atom. The molecule has 1 aliphatic rings. The third-order valence-electron chi connectivity index (χ3n) is 5.34. The van der Waals surface area contributed by atoms with E-state index in [1.54, 1.807) is 28.4 Å². The van der Waals surface area contributed by atoms with Crippen molar-refractivity contribution in [1.82, 2.24) is 14.2 Å². The third-order valence-corrected chi connectivity index (χ3v) is 8.39. The predicted molar refractivity (Wildman–Crippen MR) is 119 cm³/mol. The zero-order valence-electron chi connectivity index (χ0n) is 16.9. The SMILES string of the molecule is N#Cc1ccccc1S(=O)(=O)N1CCN(C(=O)CCCc2nc3ccccc3s2)CC1. The molecular formula is C22H22N4O3S2. The smallest absolute Gasteiger partial charge is 0.244 e. The molecule has 2 aromatic carbocycles. The molecule has 4 rings (SSSR count). The molecule has 160 valence electrons. The average molecular weight is 455 g/mol. The number of carbonyl (C=O) groups is 1. The summed E-state index contributed by atoms with van der Waals surface area (Å²) in [6.07, 6.45) is 1.89. The van der Waals surface area contributed by atoms with E-state index in [2.05, 4.69) is 4.98 Å². The molecule has 0 radical (unpaired) electrons. The van der Waals surface area contributed by atoms with Gasteiger partial charge in [-0.25, -0.2) is 13.4 Å². The molecule has 1 fully saturated rings. The molecule has 7 nitrogen and oxygen atoms in total. The van der Waals surface area contributed by atoms with Crippen LogP contribution in [0.25, 0.3) is 10.2 Å². The number of amides is 1.